The van der Waals surface area contributed by atoms with Crippen LogP contribution in [0.1, 0.15) is 12.8 Å². The Morgan fingerprint density at radius 1 is 1.33 bits per heavy atom. The molecule has 2 N–H and O–H groups in total. The van der Waals surface area contributed by atoms with Gasteiger partial charge in [-0.3, -0.25) is 4.90 Å². The molecule has 0 aromatic heterocycles. The number of nitrogens with zero attached hydrogens (tertiary/aromatic N) is 1. The highest BCUT2D eigenvalue weighted by Crippen LogP contribution is 2.26. The molecule has 0 saturated carbocycles. The fourth-order valence-electron chi connectivity index (χ4n) is 1.87. The summed E-state index contributed by atoms with van der Waals surface area (Å²) in [6.07, 6.45) is 1.73. The SMILES string of the molecule is O[C@@]1(N2CCNCC2)CCCO1. The van der Waals surface area contributed by atoms with E-state index in [1.54, 1.807) is 0 Å². The fraction of sp³-hybridized carbons (Fsp3) is 1.00. The summed E-state index contributed by atoms with van der Waals surface area (Å²) >= 11 is 0. The summed E-state index contributed by atoms with van der Waals surface area (Å²) in [6, 6.07) is 0. The minimum atomic E-state index is -0.942. The van der Waals surface area contributed by atoms with Crippen LogP contribution in [-0.4, -0.2) is 48.7 Å². The highest BCUT2D eigenvalue weighted by atomic mass is 16.7. The predicted molar refractivity (Wildman–Crippen MR) is 44.6 cm³/mol. The first-order valence-electron chi connectivity index (χ1n) is 4.63. The molecule has 0 spiro atoms. The van der Waals surface area contributed by atoms with E-state index < -0.39 is 5.91 Å². The number of hydrogen-bond acceptors (Lipinski definition) is 4. The summed E-state index contributed by atoms with van der Waals surface area (Å²) in [4.78, 5) is 2.02. The molecule has 0 aromatic carbocycles. The topological polar surface area (TPSA) is 44.7 Å². The molecule has 2 fully saturated rings. The van der Waals surface area contributed by atoms with Crippen LogP contribution in [0.5, 0.6) is 0 Å². The quantitative estimate of drug-likeness (QED) is 0.551. The lowest BCUT2D eigenvalue weighted by Crippen LogP contribution is -2.56. The van der Waals surface area contributed by atoms with Crippen LogP contribution in [0.2, 0.25) is 0 Å². The zero-order valence-corrected chi connectivity index (χ0v) is 7.25. The number of aliphatic hydroxyl groups is 1. The maximum atomic E-state index is 9.99. The molecule has 0 unspecified atom stereocenters. The van der Waals surface area contributed by atoms with Crippen molar-refractivity contribution >= 4 is 0 Å². The number of piperazine rings is 1. The number of nitrogens with one attached hydrogen (secondary N) is 1. The minimum absolute atomic E-state index is 0.695. The Morgan fingerprint density at radius 2 is 2.08 bits per heavy atom. The van der Waals surface area contributed by atoms with E-state index in [1.807, 2.05) is 4.90 Å². The van der Waals surface area contributed by atoms with Gasteiger partial charge in [-0.2, -0.15) is 0 Å². The van der Waals surface area contributed by atoms with Crippen molar-refractivity contribution < 1.29 is 9.84 Å². The second kappa shape index (κ2) is 3.30. The van der Waals surface area contributed by atoms with E-state index in [9.17, 15) is 5.11 Å². The lowest BCUT2D eigenvalue weighted by atomic mass is 10.2. The average Bonchev–Trinajstić information content (AvgIpc) is 2.55. The highest BCUT2D eigenvalue weighted by molar-refractivity contribution is 4.79. The molecule has 0 radical (unpaired) electrons. The van der Waals surface area contributed by atoms with E-state index in [1.165, 1.54) is 0 Å². The van der Waals surface area contributed by atoms with Crippen molar-refractivity contribution in [2.24, 2.45) is 0 Å². The second-order valence-electron chi connectivity index (χ2n) is 3.43. The standard InChI is InChI=1S/C8H16N2O2/c11-8(2-1-7-12-8)10-5-3-9-4-6-10/h9,11H,1-7H2/t8-/m0/s1. The van der Waals surface area contributed by atoms with Gasteiger partial charge in [0.25, 0.3) is 0 Å². The Labute approximate surface area is 72.5 Å². The van der Waals surface area contributed by atoms with Crippen LogP contribution in [0.15, 0.2) is 0 Å². The summed E-state index contributed by atoms with van der Waals surface area (Å²) in [7, 11) is 0. The highest BCUT2D eigenvalue weighted by Gasteiger charge is 2.39. The zero-order chi connectivity index (χ0) is 8.44. The molecular formula is C8H16N2O2. The van der Waals surface area contributed by atoms with E-state index in [2.05, 4.69) is 5.32 Å². The average molecular weight is 172 g/mol. The smallest absolute Gasteiger partial charge is 0.227 e. The molecule has 0 aromatic rings. The van der Waals surface area contributed by atoms with Crippen LogP contribution < -0.4 is 5.32 Å². The third kappa shape index (κ3) is 1.47. The summed E-state index contributed by atoms with van der Waals surface area (Å²) < 4.78 is 5.33. The van der Waals surface area contributed by atoms with Gasteiger partial charge in [0.05, 0.1) is 6.61 Å². The summed E-state index contributed by atoms with van der Waals surface area (Å²) in [5.74, 6) is -0.942. The lowest BCUT2D eigenvalue weighted by Gasteiger charge is -2.38. The third-order valence-electron chi connectivity index (χ3n) is 2.59. The summed E-state index contributed by atoms with van der Waals surface area (Å²) in [5.41, 5.74) is 0. The Balaban J connectivity index is 1.96. The van der Waals surface area contributed by atoms with E-state index in [-0.39, 0.29) is 0 Å². The maximum Gasteiger partial charge on any atom is 0.227 e. The van der Waals surface area contributed by atoms with Crippen LogP contribution in [0.3, 0.4) is 0 Å². The predicted octanol–water partition coefficient (Wildman–Crippen LogP) is -0.652. The molecule has 2 aliphatic heterocycles. The van der Waals surface area contributed by atoms with Gasteiger partial charge in [0.2, 0.25) is 5.91 Å². The molecule has 2 aliphatic rings. The van der Waals surface area contributed by atoms with Gasteiger partial charge >= 0.3 is 0 Å². The maximum absolute atomic E-state index is 9.99. The van der Waals surface area contributed by atoms with Crippen LogP contribution in [-0.2, 0) is 4.74 Å². The molecule has 0 aliphatic carbocycles. The van der Waals surface area contributed by atoms with Crippen LogP contribution in [0.25, 0.3) is 0 Å². The largest absolute Gasteiger partial charge is 0.353 e. The van der Waals surface area contributed by atoms with Crippen LogP contribution >= 0.6 is 0 Å². The molecule has 12 heavy (non-hydrogen) atoms. The first-order valence-corrected chi connectivity index (χ1v) is 4.63. The summed E-state index contributed by atoms with van der Waals surface area (Å²) in [6.45, 7) is 4.37. The Bertz CT molecular complexity index is 151. The van der Waals surface area contributed by atoms with Crippen molar-refractivity contribution in [2.75, 3.05) is 32.8 Å². The van der Waals surface area contributed by atoms with Crippen molar-refractivity contribution in [1.82, 2.24) is 10.2 Å². The van der Waals surface area contributed by atoms with Crippen molar-refractivity contribution in [3.05, 3.63) is 0 Å². The molecular weight excluding hydrogens is 156 g/mol. The molecule has 70 valence electrons. The third-order valence-corrected chi connectivity index (χ3v) is 2.59. The van der Waals surface area contributed by atoms with Gasteiger partial charge in [0.1, 0.15) is 0 Å². The van der Waals surface area contributed by atoms with Crippen LogP contribution in [0.4, 0.5) is 0 Å². The van der Waals surface area contributed by atoms with E-state index >= 15 is 0 Å². The molecule has 2 heterocycles. The van der Waals surface area contributed by atoms with Gasteiger partial charge < -0.3 is 15.2 Å². The minimum Gasteiger partial charge on any atom is -0.353 e. The second-order valence-corrected chi connectivity index (χ2v) is 3.43. The van der Waals surface area contributed by atoms with Gasteiger partial charge in [-0.15, -0.1) is 0 Å². The number of rotatable bonds is 1. The van der Waals surface area contributed by atoms with Crippen molar-refractivity contribution in [3.63, 3.8) is 0 Å². The number of ether oxygens (including phenoxy) is 1. The van der Waals surface area contributed by atoms with Gasteiger partial charge in [0.15, 0.2) is 0 Å². The van der Waals surface area contributed by atoms with Crippen molar-refractivity contribution in [3.8, 4) is 0 Å². The first-order chi connectivity index (χ1) is 5.81. The molecule has 2 rings (SSSR count). The van der Waals surface area contributed by atoms with E-state index in [0.717, 1.165) is 39.0 Å². The molecule has 1 atom stereocenters. The molecule has 0 amide bonds. The van der Waals surface area contributed by atoms with Gasteiger partial charge in [-0.25, -0.2) is 0 Å². The first kappa shape index (κ1) is 8.44. The lowest BCUT2D eigenvalue weighted by molar-refractivity contribution is -0.269. The Hall–Kier alpha value is -0.160. The van der Waals surface area contributed by atoms with Gasteiger partial charge in [0, 0.05) is 32.6 Å². The van der Waals surface area contributed by atoms with E-state index in [4.69, 9.17) is 4.74 Å². The van der Waals surface area contributed by atoms with Gasteiger partial charge in [-0.05, 0) is 6.42 Å². The summed E-state index contributed by atoms with van der Waals surface area (Å²) in [5, 5.41) is 13.2. The van der Waals surface area contributed by atoms with Crippen molar-refractivity contribution in [2.45, 2.75) is 18.8 Å². The molecule has 2 saturated heterocycles. The van der Waals surface area contributed by atoms with E-state index in [0.29, 0.717) is 6.61 Å². The zero-order valence-electron chi connectivity index (χ0n) is 7.25. The van der Waals surface area contributed by atoms with Crippen molar-refractivity contribution in [1.29, 1.82) is 0 Å². The van der Waals surface area contributed by atoms with Gasteiger partial charge in [-0.1, -0.05) is 0 Å². The normalized spacial score (nSPS) is 38.8. The Kier molecular flexibility index (Phi) is 2.32. The molecule has 0 bridgehead atoms. The molecule has 4 heteroatoms. The Morgan fingerprint density at radius 3 is 2.67 bits per heavy atom. The fourth-order valence-corrected chi connectivity index (χ4v) is 1.87. The van der Waals surface area contributed by atoms with Crippen LogP contribution in [0, 0.1) is 0 Å². The number of hydrogen-bond donors (Lipinski definition) is 2. The molecule has 4 nitrogen and oxygen atoms in total. The monoisotopic (exact) mass is 172 g/mol.